The third-order valence-corrected chi connectivity index (χ3v) is 5.11. The number of hydrogen-bond donors (Lipinski definition) is 0. The van der Waals surface area contributed by atoms with Gasteiger partial charge in [-0.3, -0.25) is 4.79 Å². The highest BCUT2D eigenvalue weighted by Gasteiger charge is 2.62. The van der Waals surface area contributed by atoms with Gasteiger partial charge in [0.1, 0.15) is 0 Å². The van der Waals surface area contributed by atoms with Crippen LogP contribution in [-0.4, -0.2) is 17.9 Å². The summed E-state index contributed by atoms with van der Waals surface area (Å²) in [5, 5.41) is 19.8. The van der Waals surface area contributed by atoms with Crippen LogP contribution in [0.15, 0.2) is 30.3 Å². The van der Waals surface area contributed by atoms with Crippen molar-refractivity contribution in [3.8, 4) is 12.1 Å². The predicted molar refractivity (Wildman–Crippen MR) is 88.2 cm³/mol. The highest BCUT2D eigenvalue weighted by molar-refractivity contribution is 5.90. The third-order valence-electron chi connectivity index (χ3n) is 5.11. The normalized spacial score (nSPS) is 27.0. The van der Waals surface area contributed by atoms with Crippen molar-refractivity contribution < 1.29 is 4.79 Å². The number of ketones is 1. The summed E-state index contributed by atoms with van der Waals surface area (Å²) in [6, 6.07) is 11.5. The number of nitriles is 2. The van der Waals surface area contributed by atoms with Crippen LogP contribution >= 0.6 is 0 Å². The molecule has 23 heavy (non-hydrogen) atoms. The SMILES string of the molecule is CC(=O)[C@@H]1[C@@H](C(C)C)C(C#N)(C#N)[C@H]2C=Cc3ccccc3N12. The molecule has 0 amide bonds. The maximum atomic E-state index is 12.5. The summed E-state index contributed by atoms with van der Waals surface area (Å²) in [6.45, 7) is 5.53. The molecule has 1 aromatic rings. The summed E-state index contributed by atoms with van der Waals surface area (Å²) in [4.78, 5) is 14.5. The van der Waals surface area contributed by atoms with Gasteiger partial charge in [0.25, 0.3) is 0 Å². The van der Waals surface area contributed by atoms with Crippen molar-refractivity contribution in [3.63, 3.8) is 0 Å². The topological polar surface area (TPSA) is 67.9 Å². The van der Waals surface area contributed by atoms with Crippen molar-refractivity contribution in [2.24, 2.45) is 17.3 Å². The second-order valence-corrected chi connectivity index (χ2v) is 6.69. The first kappa shape index (κ1) is 15.3. The lowest BCUT2D eigenvalue weighted by Gasteiger charge is -2.35. The molecular weight excluding hydrogens is 286 g/mol. The van der Waals surface area contributed by atoms with Crippen LogP contribution in [0.1, 0.15) is 26.3 Å². The lowest BCUT2D eigenvalue weighted by molar-refractivity contribution is -0.119. The molecule has 0 N–H and O–H groups in total. The van der Waals surface area contributed by atoms with Gasteiger partial charge in [-0.2, -0.15) is 10.5 Å². The first-order valence-corrected chi connectivity index (χ1v) is 7.86. The Morgan fingerprint density at radius 2 is 1.91 bits per heavy atom. The van der Waals surface area contributed by atoms with E-state index >= 15 is 0 Å². The van der Waals surface area contributed by atoms with Gasteiger partial charge in [-0.25, -0.2) is 0 Å². The minimum Gasteiger partial charge on any atom is -0.351 e. The van der Waals surface area contributed by atoms with Crippen LogP contribution in [0, 0.1) is 39.9 Å². The molecule has 0 unspecified atom stereocenters. The van der Waals surface area contributed by atoms with Crippen LogP contribution in [0.25, 0.3) is 6.08 Å². The van der Waals surface area contributed by atoms with Crippen LogP contribution in [-0.2, 0) is 4.79 Å². The number of Topliss-reactive ketones (excluding diaryl/α,β-unsaturated/α-hetero) is 1. The maximum Gasteiger partial charge on any atom is 0.172 e. The fourth-order valence-electron chi connectivity index (χ4n) is 4.26. The zero-order valence-electron chi connectivity index (χ0n) is 13.5. The van der Waals surface area contributed by atoms with E-state index in [9.17, 15) is 15.3 Å². The van der Waals surface area contributed by atoms with Crippen LogP contribution in [0.5, 0.6) is 0 Å². The molecule has 1 aromatic carbocycles. The summed E-state index contributed by atoms with van der Waals surface area (Å²) in [7, 11) is 0. The number of benzene rings is 1. The molecule has 0 spiro atoms. The Hall–Kier alpha value is -2.59. The lowest BCUT2D eigenvalue weighted by atomic mass is 9.68. The van der Waals surface area contributed by atoms with Gasteiger partial charge in [-0.1, -0.05) is 44.2 Å². The van der Waals surface area contributed by atoms with E-state index in [4.69, 9.17) is 0 Å². The predicted octanol–water partition coefficient (Wildman–Crippen LogP) is 3.17. The first-order chi connectivity index (χ1) is 11.0. The van der Waals surface area contributed by atoms with Gasteiger partial charge in [0.15, 0.2) is 11.2 Å². The number of fused-ring (bicyclic) bond motifs is 3. The smallest absolute Gasteiger partial charge is 0.172 e. The van der Waals surface area contributed by atoms with E-state index in [0.717, 1.165) is 11.3 Å². The molecule has 1 fully saturated rings. The van der Waals surface area contributed by atoms with Crippen molar-refractivity contribution in [1.29, 1.82) is 10.5 Å². The number of anilines is 1. The van der Waals surface area contributed by atoms with E-state index in [1.165, 1.54) is 0 Å². The minimum atomic E-state index is -1.21. The van der Waals surface area contributed by atoms with E-state index in [-0.39, 0.29) is 17.6 Å². The van der Waals surface area contributed by atoms with Crippen molar-refractivity contribution >= 4 is 17.5 Å². The van der Waals surface area contributed by atoms with Crippen molar-refractivity contribution in [2.75, 3.05) is 4.90 Å². The number of hydrogen-bond acceptors (Lipinski definition) is 4. The molecule has 2 heterocycles. The first-order valence-electron chi connectivity index (χ1n) is 7.86. The zero-order chi connectivity index (χ0) is 16.8. The average Bonchev–Trinajstić information content (AvgIpc) is 2.86. The van der Waals surface area contributed by atoms with Crippen molar-refractivity contribution in [2.45, 2.75) is 32.9 Å². The van der Waals surface area contributed by atoms with Crippen LogP contribution in [0.4, 0.5) is 5.69 Å². The zero-order valence-corrected chi connectivity index (χ0v) is 13.5. The molecule has 0 aromatic heterocycles. The fourth-order valence-corrected chi connectivity index (χ4v) is 4.26. The molecule has 1 saturated heterocycles. The van der Waals surface area contributed by atoms with E-state index in [1.54, 1.807) is 6.92 Å². The Balaban J connectivity index is 2.28. The lowest BCUT2D eigenvalue weighted by Crippen LogP contribution is -2.44. The summed E-state index contributed by atoms with van der Waals surface area (Å²) in [5.74, 6) is -0.267. The molecule has 0 saturated carbocycles. The third kappa shape index (κ3) is 1.92. The Kier molecular flexibility index (Phi) is 3.49. The summed E-state index contributed by atoms with van der Waals surface area (Å²) < 4.78 is 0. The Labute approximate surface area is 136 Å². The van der Waals surface area contributed by atoms with E-state index in [1.807, 2.05) is 55.2 Å². The van der Waals surface area contributed by atoms with E-state index in [0.29, 0.717) is 0 Å². The molecule has 0 radical (unpaired) electrons. The Morgan fingerprint density at radius 3 is 2.48 bits per heavy atom. The monoisotopic (exact) mass is 305 g/mol. The molecule has 0 aliphatic carbocycles. The number of nitrogens with zero attached hydrogens (tertiary/aromatic N) is 3. The molecule has 4 heteroatoms. The average molecular weight is 305 g/mol. The molecule has 116 valence electrons. The minimum absolute atomic E-state index is 0.00572. The molecule has 0 bridgehead atoms. The molecule has 2 aliphatic rings. The highest BCUT2D eigenvalue weighted by Crippen LogP contribution is 2.53. The summed E-state index contributed by atoms with van der Waals surface area (Å²) in [6.07, 6.45) is 3.87. The van der Waals surface area contributed by atoms with Gasteiger partial charge >= 0.3 is 0 Å². The molecule has 2 aliphatic heterocycles. The van der Waals surface area contributed by atoms with Gasteiger partial charge in [0.05, 0.1) is 24.2 Å². The van der Waals surface area contributed by atoms with Gasteiger partial charge in [0.2, 0.25) is 0 Å². The van der Waals surface area contributed by atoms with E-state index in [2.05, 4.69) is 12.1 Å². The quantitative estimate of drug-likeness (QED) is 0.841. The fraction of sp³-hybridized carbons (Fsp3) is 0.421. The van der Waals surface area contributed by atoms with Crippen LogP contribution in [0.2, 0.25) is 0 Å². The van der Waals surface area contributed by atoms with Gasteiger partial charge in [0, 0.05) is 11.6 Å². The van der Waals surface area contributed by atoms with Crippen LogP contribution in [0.3, 0.4) is 0 Å². The van der Waals surface area contributed by atoms with Crippen molar-refractivity contribution in [3.05, 3.63) is 35.9 Å². The van der Waals surface area contributed by atoms with Crippen molar-refractivity contribution in [1.82, 2.24) is 0 Å². The van der Waals surface area contributed by atoms with Crippen LogP contribution < -0.4 is 4.90 Å². The Morgan fingerprint density at radius 1 is 1.26 bits per heavy atom. The Bertz CT molecular complexity index is 752. The highest BCUT2D eigenvalue weighted by atomic mass is 16.1. The molecule has 4 nitrogen and oxygen atoms in total. The largest absolute Gasteiger partial charge is 0.351 e. The maximum absolute atomic E-state index is 12.5. The number of carbonyl (C=O) groups is 1. The molecule has 3 rings (SSSR count). The van der Waals surface area contributed by atoms with Gasteiger partial charge in [-0.05, 0) is 24.5 Å². The summed E-state index contributed by atoms with van der Waals surface area (Å²) in [5.41, 5.74) is 0.733. The molecule has 3 atom stereocenters. The second kappa shape index (κ2) is 5.25. The van der Waals surface area contributed by atoms with E-state index < -0.39 is 17.5 Å². The van der Waals surface area contributed by atoms with Gasteiger partial charge < -0.3 is 4.90 Å². The molecular formula is C19H19N3O. The van der Waals surface area contributed by atoms with Gasteiger partial charge in [-0.15, -0.1) is 0 Å². The number of rotatable bonds is 2. The number of para-hydroxylation sites is 1. The summed E-state index contributed by atoms with van der Waals surface area (Å²) >= 11 is 0. The number of carbonyl (C=O) groups excluding carboxylic acids is 1. The second-order valence-electron chi connectivity index (χ2n) is 6.69. The standard InChI is InChI=1S/C19H19N3O/c1-12(2)17-18(13(3)23)22-15-7-5-4-6-14(15)8-9-16(22)19(17,10-20)11-21/h4-9,12,16-18H,1-3H3/t16-,17-,18-/m1/s1.